The van der Waals surface area contributed by atoms with Gasteiger partial charge in [-0.05, 0) is 17.7 Å². The molecule has 0 atom stereocenters. The summed E-state index contributed by atoms with van der Waals surface area (Å²) >= 11 is 0. The van der Waals surface area contributed by atoms with Gasteiger partial charge >= 0.3 is 0 Å². The Morgan fingerprint density at radius 1 is 1.03 bits per heavy atom. The summed E-state index contributed by atoms with van der Waals surface area (Å²) in [6.45, 7) is 0.563. The number of nitrogens with one attached hydrogen (secondary N) is 2. The first kappa shape index (κ1) is 22.4. The maximum Gasteiger partial charge on any atom is 0.270 e. The lowest BCUT2D eigenvalue weighted by Gasteiger charge is -2.13. The third-order valence-electron chi connectivity index (χ3n) is 4.64. The summed E-state index contributed by atoms with van der Waals surface area (Å²) < 4.78 is 5.73. The van der Waals surface area contributed by atoms with Gasteiger partial charge in [0.25, 0.3) is 5.69 Å². The number of nitrogens with zero attached hydrogens (tertiary/aromatic N) is 6. The van der Waals surface area contributed by atoms with Crippen LogP contribution >= 0.6 is 0 Å². The van der Waals surface area contributed by atoms with Crippen LogP contribution in [-0.4, -0.2) is 40.2 Å². The van der Waals surface area contributed by atoms with Crippen molar-refractivity contribution in [1.29, 1.82) is 0 Å². The first-order chi connectivity index (χ1) is 16.5. The van der Waals surface area contributed by atoms with E-state index in [0.29, 0.717) is 35.5 Å². The van der Waals surface area contributed by atoms with Crippen LogP contribution in [0, 0.1) is 10.1 Å². The van der Waals surface area contributed by atoms with Crippen LogP contribution in [0.4, 0.5) is 23.5 Å². The van der Waals surface area contributed by atoms with Gasteiger partial charge in [0.15, 0.2) is 0 Å². The van der Waals surface area contributed by atoms with Crippen LogP contribution < -0.4 is 15.6 Å². The standard InChI is InChI=1S/C23H22N8O3/c1-30(2)23-27-21(24-14-16-7-4-3-5-8-16)26-22(28-23)29-25-15-19-11-12-20(34-19)17-9-6-10-18(13-17)31(32)33/h3-13,15H,14H2,1-2H3,(H2,24,26,27,28,29). The molecule has 0 bridgehead atoms. The number of aromatic nitrogens is 3. The molecule has 0 unspecified atom stereocenters. The van der Waals surface area contributed by atoms with Gasteiger partial charge in [-0.2, -0.15) is 20.1 Å². The summed E-state index contributed by atoms with van der Waals surface area (Å²) in [5.41, 5.74) is 4.48. The fourth-order valence-corrected chi connectivity index (χ4v) is 2.97. The topological polar surface area (TPSA) is 135 Å². The lowest BCUT2D eigenvalue weighted by molar-refractivity contribution is -0.384. The summed E-state index contributed by atoms with van der Waals surface area (Å²) in [6, 6.07) is 19.6. The van der Waals surface area contributed by atoms with Crippen LogP contribution in [0.25, 0.3) is 11.3 Å². The van der Waals surface area contributed by atoms with E-state index >= 15 is 0 Å². The first-order valence-electron chi connectivity index (χ1n) is 10.3. The van der Waals surface area contributed by atoms with Crippen molar-refractivity contribution in [2.75, 3.05) is 29.7 Å². The van der Waals surface area contributed by atoms with Gasteiger partial charge in [-0.1, -0.05) is 42.5 Å². The van der Waals surface area contributed by atoms with Crippen molar-refractivity contribution >= 4 is 29.7 Å². The van der Waals surface area contributed by atoms with Gasteiger partial charge in [0.05, 0.1) is 11.1 Å². The maximum atomic E-state index is 11.0. The van der Waals surface area contributed by atoms with E-state index in [1.807, 2.05) is 44.4 Å². The van der Waals surface area contributed by atoms with Crippen molar-refractivity contribution in [3.8, 4) is 11.3 Å². The van der Waals surface area contributed by atoms with Gasteiger partial charge in [-0.15, -0.1) is 0 Å². The average Bonchev–Trinajstić information content (AvgIpc) is 3.32. The average molecular weight is 458 g/mol. The predicted molar refractivity (Wildman–Crippen MR) is 130 cm³/mol. The number of hydrogen-bond acceptors (Lipinski definition) is 10. The molecule has 0 aliphatic carbocycles. The minimum Gasteiger partial charge on any atom is -0.455 e. The second-order valence-electron chi connectivity index (χ2n) is 7.40. The van der Waals surface area contributed by atoms with Crippen molar-refractivity contribution in [3.05, 3.63) is 88.2 Å². The normalized spacial score (nSPS) is 10.9. The lowest BCUT2D eigenvalue weighted by atomic mass is 10.1. The number of anilines is 3. The van der Waals surface area contributed by atoms with Gasteiger partial charge in [0.2, 0.25) is 17.8 Å². The quantitative estimate of drug-likeness (QED) is 0.215. The Morgan fingerprint density at radius 2 is 1.82 bits per heavy atom. The van der Waals surface area contributed by atoms with Crippen LogP contribution in [0.5, 0.6) is 0 Å². The molecule has 2 aromatic carbocycles. The highest BCUT2D eigenvalue weighted by Crippen LogP contribution is 2.25. The third-order valence-corrected chi connectivity index (χ3v) is 4.64. The van der Waals surface area contributed by atoms with E-state index in [4.69, 9.17) is 4.42 Å². The van der Waals surface area contributed by atoms with Gasteiger partial charge in [-0.3, -0.25) is 10.1 Å². The molecule has 0 saturated carbocycles. The number of nitro benzene ring substituents is 1. The molecule has 11 nitrogen and oxygen atoms in total. The molecule has 4 aromatic rings. The zero-order valence-corrected chi connectivity index (χ0v) is 18.5. The minimum absolute atomic E-state index is 0.00556. The van der Waals surface area contributed by atoms with Gasteiger partial charge < -0.3 is 14.6 Å². The molecule has 11 heteroatoms. The molecular weight excluding hydrogens is 436 g/mol. The molecule has 0 saturated heterocycles. The minimum atomic E-state index is -0.446. The van der Waals surface area contributed by atoms with Crippen molar-refractivity contribution in [1.82, 2.24) is 15.0 Å². The highest BCUT2D eigenvalue weighted by Gasteiger charge is 2.10. The van der Waals surface area contributed by atoms with Crippen LogP contribution in [0.1, 0.15) is 11.3 Å². The first-order valence-corrected chi connectivity index (χ1v) is 10.3. The Morgan fingerprint density at radius 3 is 2.59 bits per heavy atom. The molecule has 4 rings (SSSR count). The van der Waals surface area contributed by atoms with Crippen LogP contribution in [0.3, 0.4) is 0 Å². The monoisotopic (exact) mass is 458 g/mol. The second-order valence-corrected chi connectivity index (χ2v) is 7.40. The molecule has 172 valence electrons. The Kier molecular flexibility index (Phi) is 6.73. The highest BCUT2D eigenvalue weighted by molar-refractivity contribution is 5.78. The number of hydrogen-bond donors (Lipinski definition) is 2. The fraction of sp³-hybridized carbons (Fsp3) is 0.130. The van der Waals surface area contributed by atoms with Gasteiger partial charge in [0, 0.05) is 38.3 Å². The Labute approximate surface area is 195 Å². The van der Waals surface area contributed by atoms with E-state index in [1.165, 1.54) is 18.3 Å². The fourth-order valence-electron chi connectivity index (χ4n) is 2.97. The van der Waals surface area contributed by atoms with Crippen molar-refractivity contribution in [3.63, 3.8) is 0 Å². The summed E-state index contributed by atoms with van der Waals surface area (Å²) in [6.07, 6.45) is 1.47. The van der Waals surface area contributed by atoms with E-state index in [1.54, 1.807) is 29.2 Å². The molecule has 2 N–H and O–H groups in total. The predicted octanol–water partition coefficient (Wildman–Crippen LogP) is 4.16. The van der Waals surface area contributed by atoms with Gasteiger partial charge in [-0.25, -0.2) is 5.43 Å². The van der Waals surface area contributed by atoms with E-state index in [0.717, 1.165) is 5.56 Å². The molecule has 0 amide bonds. The Balaban J connectivity index is 1.45. The highest BCUT2D eigenvalue weighted by atomic mass is 16.6. The zero-order valence-electron chi connectivity index (χ0n) is 18.5. The van der Waals surface area contributed by atoms with Crippen LogP contribution in [-0.2, 0) is 6.54 Å². The van der Waals surface area contributed by atoms with Crippen molar-refractivity contribution in [2.45, 2.75) is 6.54 Å². The molecular formula is C23H22N8O3. The van der Waals surface area contributed by atoms with E-state index in [9.17, 15) is 10.1 Å². The number of hydrazone groups is 1. The van der Waals surface area contributed by atoms with Crippen LogP contribution in [0.15, 0.2) is 76.2 Å². The number of benzene rings is 2. The molecule has 2 heterocycles. The largest absolute Gasteiger partial charge is 0.455 e. The van der Waals surface area contributed by atoms with E-state index in [2.05, 4.69) is 30.8 Å². The lowest BCUT2D eigenvalue weighted by Crippen LogP contribution is -2.16. The van der Waals surface area contributed by atoms with Gasteiger partial charge in [0.1, 0.15) is 11.5 Å². The number of furan rings is 1. The van der Waals surface area contributed by atoms with E-state index in [-0.39, 0.29) is 11.6 Å². The second kappa shape index (κ2) is 10.2. The molecule has 0 fully saturated rings. The Bertz CT molecular complexity index is 1300. The molecule has 0 aliphatic rings. The zero-order chi connectivity index (χ0) is 23.9. The van der Waals surface area contributed by atoms with Crippen molar-refractivity contribution < 1.29 is 9.34 Å². The van der Waals surface area contributed by atoms with Crippen molar-refractivity contribution in [2.24, 2.45) is 5.10 Å². The molecule has 0 aliphatic heterocycles. The molecule has 34 heavy (non-hydrogen) atoms. The maximum absolute atomic E-state index is 11.0. The van der Waals surface area contributed by atoms with E-state index < -0.39 is 4.92 Å². The van der Waals surface area contributed by atoms with Crippen LogP contribution in [0.2, 0.25) is 0 Å². The summed E-state index contributed by atoms with van der Waals surface area (Å²) in [7, 11) is 3.67. The number of nitro groups is 1. The third kappa shape index (κ3) is 5.71. The molecule has 0 spiro atoms. The molecule has 2 aromatic heterocycles. The summed E-state index contributed by atoms with van der Waals surface area (Å²) in [5, 5.41) is 18.3. The Hall–Kier alpha value is -4.80. The summed E-state index contributed by atoms with van der Waals surface area (Å²) in [5.74, 6) is 2.09. The number of rotatable bonds is 9. The number of non-ortho nitro benzene ring substituents is 1. The SMILES string of the molecule is CN(C)c1nc(NCc2ccccc2)nc(NN=Cc2ccc(-c3cccc([N+](=O)[O-])c3)o2)n1. The molecule has 0 radical (unpaired) electrons. The smallest absolute Gasteiger partial charge is 0.270 e. The summed E-state index contributed by atoms with van der Waals surface area (Å²) in [4.78, 5) is 25.4.